The maximum atomic E-state index is 12.3. The third-order valence-electron chi connectivity index (χ3n) is 2.77. The molecule has 2 rings (SSSR count). The minimum absolute atomic E-state index is 0.115. The number of ether oxygens (including phenoxy) is 1. The molecule has 2 N–H and O–H groups in total. The lowest BCUT2D eigenvalue weighted by Crippen LogP contribution is -2.20. The number of thiazole rings is 1. The molecule has 7 heteroatoms. The lowest BCUT2D eigenvalue weighted by atomic mass is 10.1. The quantitative estimate of drug-likeness (QED) is 0.862. The van der Waals surface area contributed by atoms with Crippen LogP contribution in [0.5, 0.6) is 5.75 Å². The number of halogens is 2. The van der Waals surface area contributed by atoms with Crippen LogP contribution >= 0.6 is 11.3 Å². The van der Waals surface area contributed by atoms with Crippen LogP contribution in [0.25, 0.3) is 0 Å². The van der Waals surface area contributed by atoms with Crippen LogP contribution in [0.2, 0.25) is 0 Å². The fourth-order valence-electron chi connectivity index (χ4n) is 1.82. The summed E-state index contributed by atoms with van der Waals surface area (Å²) in [5.74, 6) is 0.154. The highest BCUT2D eigenvalue weighted by Crippen LogP contribution is 2.26. The number of aromatic amines is 1. The normalized spacial score (nSPS) is 12.6. The predicted molar refractivity (Wildman–Crippen MR) is 73.3 cm³/mol. The number of rotatable bonds is 6. The molecule has 4 nitrogen and oxygen atoms in total. The Morgan fingerprint density at radius 1 is 1.40 bits per heavy atom. The van der Waals surface area contributed by atoms with Gasteiger partial charge in [0.2, 0.25) is 0 Å². The summed E-state index contributed by atoms with van der Waals surface area (Å²) < 4.78 is 29.2. The van der Waals surface area contributed by atoms with Crippen LogP contribution in [0.3, 0.4) is 0 Å². The molecule has 0 saturated carbocycles. The van der Waals surface area contributed by atoms with E-state index in [0.717, 1.165) is 17.0 Å². The molecule has 0 saturated heterocycles. The Balaban J connectivity index is 2.04. The van der Waals surface area contributed by atoms with Crippen molar-refractivity contribution in [3.63, 3.8) is 0 Å². The number of H-pyrrole nitrogens is 1. The maximum absolute atomic E-state index is 12.3. The van der Waals surface area contributed by atoms with E-state index in [1.165, 1.54) is 6.07 Å². The van der Waals surface area contributed by atoms with Crippen LogP contribution in [-0.4, -0.2) is 11.6 Å². The highest BCUT2D eigenvalue weighted by atomic mass is 32.1. The van der Waals surface area contributed by atoms with Crippen LogP contribution in [0, 0.1) is 0 Å². The first-order valence-corrected chi connectivity index (χ1v) is 6.88. The zero-order chi connectivity index (χ0) is 14.5. The summed E-state index contributed by atoms with van der Waals surface area (Å²) in [5.41, 5.74) is 1.41. The first-order valence-electron chi connectivity index (χ1n) is 6.00. The Labute approximate surface area is 118 Å². The van der Waals surface area contributed by atoms with Crippen molar-refractivity contribution < 1.29 is 13.5 Å². The predicted octanol–water partition coefficient (Wildman–Crippen LogP) is 2.89. The fraction of sp³-hybridized carbons (Fsp3) is 0.308. The highest BCUT2D eigenvalue weighted by Gasteiger charge is 2.14. The number of nitrogens with one attached hydrogen (secondary N) is 2. The topological polar surface area (TPSA) is 54.1 Å². The molecule has 20 heavy (non-hydrogen) atoms. The molecule has 0 amide bonds. The summed E-state index contributed by atoms with van der Waals surface area (Å²) in [4.78, 5) is 13.6. The van der Waals surface area contributed by atoms with E-state index in [4.69, 9.17) is 0 Å². The Kier molecular flexibility index (Phi) is 4.86. The van der Waals surface area contributed by atoms with Gasteiger partial charge in [-0.2, -0.15) is 8.78 Å². The second-order valence-corrected chi connectivity index (χ2v) is 5.03. The third-order valence-corrected chi connectivity index (χ3v) is 3.49. The van der Waals surface area contributed by atoms with Crippen molar-refractivity contribution in [2.75, 3.05) is 0 Å². The van der Waals surface area contributed by atoms with Crippen molar-refractivity contribution in [3.8, 4) is 5.75 Å². The van der Waals surface area contributed by atoms with Crippen molar-refractivity contribution in [2.45, 2.75) is 26.1 Å². The third kappa shape index (κ3) is 3.88. The molecule has 1 unspecified atom stereocenters. The molecule has 1 atom stereocenters. The van der Waals surface area contributed by atoms with Gasteiger partial charge in [-0.25, -0.2) is 0 Å². The maximum Gasteiger partial charge on any atom is 0.387 e. The van der Waals surface area contributed by atoms with Gasteiger partial charge in [0.1, 0.15) is 5.75 Å². The number of hydrogen-bond donors (Lipinski definition) is 2. The minimum atomic E-state index is -2.85. The average molecular weight is 300 g/mol. The molecule has 1 aromatic carbocycles. The second-order valence-electron chi connectivity index (χ2n) is 4.19. The van der Waals surface area contributed by atoms with Crippen molar-refractivity contribution in [2.24, 2.45) is 0 Å². The van der Waals surface area contributed by atoms with Gasteiger partial charge in [0.15, 0.2) is 0 Å². The largest absolute Gasteiger partial charge is 0.434 e. The average Bonchev–Trinajstić information content (AvgIpc) is 2.82. The van der Waals surface area contributed by atoms with E-state index in [1.54, 1.807) is 23.6 Å². The SMILES string of the molecule is CC(NCc1csc(=O)[nH]1)c1ccccc1OC(F)F. The van der Waals surface area contributed by atoms with Crippen LogP contribution in [-0.2, 0) is 6.54 Å². The summed E-state index contributed by atoms with van der Waals surface area (Å²) in [6, 6.07) is 6.45. The monoisotopic (exact) mass is 300 g/mol. The summed E-state index contributed by atoms with van der Waals surface area (Å²) in [7, 11) is 0. The van der Waals surface area contributed by atoms with Gasteiger partial charge in [0, 0.05) is 29.2 Å². The molecule has 0 spiro atoms. The highest BCUT2D eigenvalue weighted by molar-refractivity contribution is 7.07. The van der Waals surface area contributed by atoms with Crippen molar-refractivity contribution in [1.29, 1.82) is 0 Å². The van der Waals surface area contributed by atoms with E-state index in [0.29, 0.717) is 12.1 Å². The van der Waals surface area contributed by atoms with Crippen molar-refractivity contribution in [3.05, 3.63) is 50.6 Å². The molecule has 0 aliphatic carbocycles. The Bertz CT molecular complexity index is 612. The zero-order valence-corrected chi connectivity index (χ0v) is 11.5. The lowest BCUT2D eigenvalue weighted by Gasteiger charge is -2.17. The summed E-state index contributed by atoms with van der Waals surface area (Å²) >= 11 is 1.09. The van der Waals surface area contributed by atoms with E-state index >= 15 is 0 Å². The molecule has 1 aromatic heterocycles. The number of para-hydroxylation sites is 1. The summed E-state index contributed by atoms with van der Waals surface area (Å²) in [5, 5.41) is 4.88. The van der Waals surface area contributed by atoms with Crippen LogP contribution in [0.4, 0.5) is 8.78 Å². The van der Waals surface area contributed by atoms with Crippen molar-refractivity contribution in [1.82, 2.24) is 10.3 Å². The number of benzene rings is 1. The molecule has 0 bridgehead atoms. The summed E-state index contributed by atoms with van der Waals surface area (Å²) in [6.07, 6.45) is 0. The molecule has 2 aromatic rings. The molecular formula is C13H14F2N2O2S. The smallest absolute Gasteiger partial charge is 0.387 e. The Morgan fingerprint density at radius 3 is 2.80 bits per heavy atom. The van der Waals surface area contributed by atoms with Gasteiger partial charge < -0.3 is 15.0 Å². The number of hydrogen-bond acceptors (Lipinski definition) is 4. The molecule has 0 fully saturated rings. The summed E-state index contributed by atoms with van der Waals surface area (Å²) in [6.45, 7) is -0.558. The van der Waals surface area contributed by atoms with Gasteiger partial charge in [-0.05, 0) is 13.0 Å². The van der Waals surface area contributed by atoms with E-state index in [2.05, 4.69) is 15.0 Å². The van der Waals surface area contributed by atoms with Gasteiger partial charge in [0.25, 0.3) is 0 Å². The van der Waals surface area contributed by atoms with Crippen LogP contribution in [0.15, 0.2) is 34.4 Å². The second kappa shape index (κ2) is 6.62. The van der Waals surface area contributed by atoms with E-state index in [9.17, 15) is 13.6 Å². The lowest BCUT2D eigenvalue weighted by molar-refractivity contribution is -0.0506. The van der Waals surface area contributed by atoms with Gasteiger partial charge in [-0.15, -0.1) is 0 Å². The van der Waals surface area contributed by atoms with Gasteiger partial charge in [0.05, 0.1) is 0 Å². The van der Waals surface area contributed by atoms with E-state index in [-0.39, 0.29) is 16.7 Å². The number of alkyl halides is 2. The molecule has 0 radical (unpaired) electrons. The molecular weight excluding hydrogens is 286 g/mol. The first kappa shape index (κ1) is 14.7. The van der Waals surface area contributed by atoms with Gasteiger partial charge >= 0.3 is 11.5 Å². The Morgan fingerprint density at radius 2 is 2.15 bits per heavy atom. The fourth-order valence-corrected chi connectivity index (χ4v) is 2.40. The van der Waals surface area contributed by atoms with Gasteiger partial charge in [-0.1, -0.05) is 29.5 Å². The standard InChI is InChI=1S/C13H14F2N2O2S/c1-8(16-6-9-7-20-13(18)17-9)10-4-2-3-5-11(10)19-12(14)15/h2-5,7-8,12,16H,6H2,1H3,(H,17,18). The van der Waals surface area contributed by atoms with Gasteiger partial charge in [-0.3, -0.25) is 4.79 Å². The first-order chi connectivity index (χ1) is 9.56. The minimum Gasteiger partial charge on any atom is -0.434 e. The molecule has 108 valence electrons. The van der Waals surface area contributed by atoms with Crippen LogP contribution < -0.4 is 14.9 Å². The molecule has 1 heterocycles. The Hall–Kier alpha value is -1.73. The van der Waals surface area contributed by atoms with Crippen molar-refractivity contribution >= 4 is 11.3 Å². The van der Waals surface area contributed by atoms with Crippen LogP contribution in [0.1, 0.15) is 24.2 Å². The van der Waals surface area contributed by atoms with E-state index < -0.39 is 6.61 Å². The molecule has 0 aliphatic heterocycles. The number of aromatic nitrogens is 1. The van der Waals surface area contributed by atoms with E-state index in [1.807, 2.05) is 6.92 Å². The zero-order valence-electron chi connectivity index (χ0n) is 10.7. The molecule has 0 aliphatic rings.